The van der Waals surface area contributed by atoms with E-state index in [0.717, 1.165) is 4.31 Å². The Morgan fingerprint density at radius 3 is 2.07 bits per heavy atom. The summed E-state index contributed by atoms with van der Waals surface area (Å²) in [4.78, 5) is 10.7. The quantitative estimate of drug-likeness (QED) is 0.737. The van der Waals surface area contributed by atoms with Crippen molar-refractivity contribution < 1.29 is 18.3 Å². The Morgan fingerprint density at radius 2 is 1.86 bits per heavy atom. The molecule has 0 aliphatic rings. The predicted molar refractivity (Wildman–Crippen MR) is 53.5 cm³/mol. The van der Waals surface area contributed by atoms with Gasteiger partial charge >= 0.3 is 5.97 Å². The molecule has 0 bridgehead atoms. The van der Waals surface area contributed by atoms with Gasteiger partial charge in [0.25, 0.3) is 0 Å². The minimum absolute atomic E-state index is 0.262. The Bertz CT molecular complexity index is 296. The van der Waals surface area contributed by atoms with Crippen LogP contribution < -0.4 is 0 Å². The number of carboxylic acids is 1. The van der Waals surface area contributed by atoms with E-state index in [2.05, 4.69) is 0 Å². The lowest BCUT2D eigenvalue weighted by atomic mass is 10.2. The maximum atomic E-state index is 11.6. The molecule has 1 N–H and O–H groups in total. The highest BCUT2D eigenvalue weighted by Crippen LogP contribution is 2.12. The summed E-state index contributed by atoms with van der Waals surface area (Å²) in [6.07, 6.45) is 0.262. The third-order valence-electron chi connectivity index (χ3n) is 2.11. The first-order valence-corrected chi connectivity index (χ1v) is 5.95. The predicted octanol–water partition coefficient (Wildman–Crippen LogP) is 0.520. The van der Waals surface area contributed by atoms with E-state index < -0.39 is 27.3 Å². The van der Waals surface area contributed by atoms with Crippen molar-refractivity contribution in [2.75, 3.05) is 7.05 Å². The van der Waals surface area contributed by atoms with Crippen molar-refractivity contribution in [1.82, 2.24) is 4.31 Å². The second kappa shape index (κ2) is 4.75. The summed E-state index contributed by atoms with van der Waals surface area (Å²) in [5.41, 5.74) is 0. The molecule has 0 aliphatic carbocycles. The van der Waals surface area contributed by atoms with E-state index in [1.54, 1.807) is 6.92 Å². The Kier molecular flexibility index (Phi) is 4.54. The summed E-state index contributed by atoms with van der Waals surface area (Å²) in [6, 6.07) is -0.970. The summed E-state index contributed by atoms with van der Waals surface area (Å²) in [6.45, 7) is 4.70. The second-order valence-corrected chi connectivity index (χ2v) is 5.92. The van der Waals surface area contributed by atoms with Gasteiger partial charge in [-0.25, -0.2) is 8.42 Å². The number of rotatable bonds is 5. The SMILES string of the molecule is CCC(C(=O)O)N(C)S(=O)(=O)C(C)C. The van der Waals surface area contributed by atoms with E-state index in [0.29, 0.717) is 0 Å². The number of carbonyl (C=O) groups is 1. The van der Waals surface area contributed by atoms with Gasteiger partial charge in [0.1, 0.15) is 6.04 Å². The molecule has 0 aromatic carbocycles. The van der Waals surface area contributed by atoms with E-state index in [-0.39, 0.29) is 6.42 Å². The summed E-state index contributed by atoms with van der Waals surface area (Å²) in [7, 11) is -2.18. The molecule has 5 nitrogen and oxygen atoms in total. The van der Waals surface area contributed by atoms with Gasteiger partial charge in [-0.1, -0.05) is 6.92 Å². The molecule has 84 valence electrons. The van der Waals surface area contributed by atoms with Gasteiger partial charge in [0.2, 0.25) is 10.0 Å². The fourth-order valence-corrected chi connectivity index (χ4v) is 2.36. The Balaban J connectivity index is 4.93. The maximum absolute atomic E-state index is 11.6. The summed E-state index contributed by atoms with van der Waals surface area (Å²) < 4.78 is 24.1. The van der Waals surface area contributed by atoms with Gasteiger partial charge in [-0.3, -0.25) is 4.79 Å². The molecule has 0 fully saturated rings. The first-order valence-electron chi connectivity index (χ1n) is 4.44. The van der Waals surface area contributed by atoms with Crippen LogP contribution in [0.3, 0.4) is 0 Å². The average molecular weight is 223 g/mol. The van der Waals surface area contributed by atoms with Crippen LogP contribution in [0.15, 0.2) is 0 Å². The summed E-state index contributed by atoms with van der Waals surface area (Å²) >= 11 is 0. The van der Waals surface area contributed by atoms with Crippen molar-refractivity contribution in [3.8, 4) is 0 Å². The maximum Gasteiger partial charge on any atom is 0.321 e. The van der Waals surface area contributed by atoms with Crippen LogP contribution in [0.2, 0.25) is 0 Å². The molecule has 0 rings (SSSR count). The standard InChI is InChI=1S/C8H17NO4S/c1-5-7(8(10)11)9(4)14(12,13)6(2)3/h6-7H,5H2,1-4H3,(H,10,11). The lowest BCUT2D eigenvalue weighted by molar-refractivity contribution is -0.141. The highest BCUT2D eigenvalue weighted by atomic mass is 32.2. The number of hydrogen-bond donors (Lipinski definition) is 1. The minimum Gasteiger partial charge on any atom is -0.480 e. The monoisotopic (exact) mass is 223 g/mol. The average Bonchev–Trinajstić information content (AvgIpc) is 2.04. The zero-order valence-corrected chi connectivity index (χ0v) is 9.71. The molecule has 0 heterocycles. The van der Waals surface area contributed by atoms with Gasteiger partial charge in [-0.15, -0.1) is 0 Å². The molecule has 0 amide bonds. The van der Waals surface area contributed by atoms with Gasteiger partial charge in [0.05, 0.1) is 5.25 Å². The first-order chi connectivity index (χ1) is 6.25. The van der Waals surface area contributed by atoms with E-state index >= 15 is 0 Å². The molecule has 0 saturated carbocycles. The molecule has 0 aromatic heterocycles. The molecule has 0 radical (unpaired) electrons. The van der Waals surface area contributed by atoms with Crippen LogP contribution in [0.5, 0.6) is 0 Å². The summed E-state index contributed by atoms with van der Waals surface area (Å²) in [5, 5.41) is 8.19. The largest absolute Gasteiger partial charge is 0.480 e. The van der Waals surface area contributed by atoms with Gasteiger partial charge in [0.15, 0.2) is 0 Å². The van der Waals surface area contributed by atoms with Crippen LogP contribution in [0, 0.1) is 0 Å². The van der Waals surface area contributed by atoms with Crippen molar-refractivity contribution in [3.63, 3.8) is 0 Å². The Morgan fingerprint density at radius 1 is 1.43 bits per heavy atom. The third kappa shape index (κ3) is 2.68. The van der Waals surface area contributed by atoms with Gasteiger partial charge in [0, 0.05) is 7.05 Å². The zero-order valence-electron chi connectivity index (χ0n) is 8.89. The fourth-order valence-electron chi connectivity index (χ4n) is 1.10. The van der Waals surface area contributed by atoms with Crippen LogP contribution >= 0.6 is 0 Å². The minimum atomic E-state index is -3.48. The topological polar surface area (TPSA) is 74.7 Å². The normalized spacial score (nSPS) is 14.7. The molecule has 14 heavy (non-hydrogen) atoms. The lowest BCUT2D eigenvalue weighted by Crippen LogP contribution is -2.44. The highest BCUT2D eigenvalue weighted by molar-refractivity contribution is 7.89. The first kappa shape index (κ1) is 13.4. The molecule has 1 atom stereocenters. The molecular formula is C8H17NO4S. The highest BCUT2D eigenvalue weighted by Gasteiger charge is 2.31. The molecule has 1 unspecified atom stereocenters. The third-order valence-corrected chi connectivity index (χ3v) is 4.36. The molecular weight excluding hydrogens is 206 g/mol. The second-order valence-electron chi connectivity index (χ2n) is 3.37. The molecule has 0 saturated heterocycles. The van der Waals surface area contributed by atoms with Crippen LogP contribution in [0.25, 0.3) is 0 Å². The van der Waals surface area contributed by atoms with E-state index in [4.69, 9.17) is 5.11 Å². The molecule has 0 aromatic rings. The fraction of sp³-hybridized carbons (Fsp3) is 0.875. The van der Waals surface area contributed by atoms with Crippen LogP contribution in [-0.2, 0) is 14.8 Å². The Labute approximate surface area is 84.8 Å². The van der Waals surface area contributed by atoms with Crippen molar-refractivity contribution >= 4 is 16.0 Å². The van der Waals surface area contributed by atoms with Gasteiger partial charge in [-0.05, 0) is 20.3 Å². The molecule has 0 aliphatic heterocycles. The molecule has 6 heteroatoms. The van der Waals surface area contributed by atoms with Crippen LogP contribution in [0.4, 0.5) is 0 Å². The number of likely N-dealkylation sites (N-methyl/N-ethyl adjacent to an activating group) is 1. The number of carboxylic acid groups (broad SMARTS) is 1. The van der Waals surface area contributed by atoms with Crippen molar-refractivity contribution in [1.29, 1.82) is 0 Å². The van der Waals surface area contributed by atoms with E-state index in [1.807, 2.05) is 0 Å². The number of aliphatic carboxylic acids is 1. The Hall–Kier alpha value is -0.620. The van der Waals surface area contributed by atoms with Crippen molar-refractivity contribution in [2.24, 2.45) is 0 Å². The van der Waals surface area contributed by atoms with Gasteiger partial charge < -0.3 is 5.11 Å². The van der Waals surface area contributed by atoms with E-state index in [9.17, 15) is 13.2 Å². The van der Waals surface area contributed by atoms with Crippen LogP contribution in [-0.4, -0.2) is 42.1 Å². The van der Waals surface area contributed by atoms with Crippen molar-refractivity contribution in [3.05, 3.63) is 0 Å². The number of hydrogen-bond acceptors (Lipinski definition) is 3. The van der Waals surface area contributed by atoms with E-state index in [1.165, 1.54) is 20.9 Å². The van der Waals surface area contributed by atoms with Crippen molar-refractivity contribution in [2.45, 2.75) is 38.5 Å². The van der Waals surface area contributed by atoms with Crippen LogP contribution in [0.1, 0.15) is 27.2 Å². The molecule has 0 spiro atoms. The smallest absolute Gasteiger partial charge is 0.321 e. The number of sulfonamides is 1. The number of nitrogens with zero attached hydrogens (tertiary/aromatic N) is 1. The van der Waals surface area contributed by atoms with Gasteiger partial charge in [-0.2, -0.15) is 4.31 Å². The lowest BCUT2D eigenvalue weighted by Gasteiger charge is -2.24. The zero-order chi connectivity index (χ0) is 11.5. The summed E-state index contributed by atoms with van der Waals surface area (Å²) in [5.74, 6) is -1.11.